The lowest BCUT2D eigenvalue weighted by molar-refractivity contribution is -0.109. The van der Waals surface area contributed by atoms with Crippen LogP contribution in [0, 0.1) is 0 Å². The van der Waals surface area contributed by atoms with Gasteiger partial charge in [0, 0.05) is 12.6 Å². The molecule has 1 unspecified atom stereocenters. The summed E-state index contributed by atoms with van der Waals surface area (Å²) < 4.78 is 0. The number of imide groups is 1. The Balaban J connectivity index is 2.07. The smallest absolute Gasteiger partial charge is 0.324 e. The van der Waals surface area contributed by atoms with Crippen molar-refractivity contribution in [1.29, 1.82) is 0 Å². The van der Waals surface area contributed by atoms with Crippen LogP contribution in [0.4, 0.5) is 4.79 Å². The topological polar surface area (TPSA) is 66.5 Å². The maximum absolute atomic E-state index is 12.2. The molecule has 0 aromatic heterocycles. The fraction of sp³-hybridized carbons (Fsp3) is 0.118. The van der Waals surface area contributed by atoms with Gasteiger partial charge in [0.1, 0.15) is 12.3 Å². The molecule has 0 bridgehead atoms. The highest BCUT2D eigenvalue weighted by Gasteiger charge is 2.21. The van der Waals surface area contributed by atoms with Crippen LogP contribution in [0.3, 0.4) is 0 Å². The third-order valence-electron chi connectivity index (χ3n) is 3.20. The lowest BCUT2D eigenvalue weighted by Crippen LogP contribution is -2.43. The Labute approximate surface area is 128 Å². The van der Waals surface area contributed by atoms with Crippen LogP contribution in [-0.4, -0.2) is 30.2 Å². The Morgan fingerprint density at radius 3 is 2.09 bits per heavy atom. The van der Waals surface area contributed by atoms with Gasteiger partial charge in [0.15, 0.2) is 0 Å². The standard InChI is InChI=1S/C17H16N2O3/c1-19(16(21)14-10-6-3-7-11-14)17(22)18-15(12-20)13-8-4-2-5-9-13/h2-12,15H,1H3,(H,18,22). The number of carbonyl (C=O) groups excluding carboxylic acids is 3. The number of nitrogens with zero attached hydrogens (tertiary/aromatic N) is 1. The molecular formula is C17H16N2O3. The van der Waals surface area contributed by atoms with E-state index in [1.807, 2.05) is 6.07 Å². The molecule has 0 aliphatic heterocycles. The molecule has 2 rings (SSSR count). The predicted molar refractivity (Wildman–Crippen MR) is 82.3 cm³/mol. The number of carbonyl (C=O) groups is 3. The summed E-state index contributed by atoms with van der Waals surface area (Å²) in [5.41, 5.74) is 1.06. The van der Waals surface area contributed by atoms with E-state index >= 15 is 0 Å². The number of benzene rings is 2. The Hall–Kier alpha value is -2.95. The minimum atomic E-state index is -0.792. The zero-order valence-electron chi connectivity index (χ0n) is 12.1. The first kappa shape index (κ1) is 15.4. The predicted octanol–water partition coefficient (Wildman–Crippen LogP) is 2.41. The van der Waals surface area contributed by atoms with Gasteiger partial charge in [-0.1, -0.05) is 48.5 Å². The van der Waals surface area contributed by atoms with Crippen molar-refractivity contribution >= 4 is 18.2 Å². The van der Waals surface area contributed by atoms with Gasteiger partial charge in [-0.2, -0.15) is 0 Å². The summed E-state index contributed by atoms with van der Waals surface area (Å²) >= 11 is 0. The van der Waals surface area contributed by atoms with Crippen LogP contribution in [0.15, 0.2) is 60.7 Å². The Morgan fingerprint density at radius 2 is 1.55 bits per heavy atom. The van der Waals surface area contributed by atoms with Gasteiger partial charge in [-0.05, 0) is 17.7 Å². The molecule has 0 heterocycles. The lowest BCUT2D eigenvalue weighted by Gasteiger charge is -2.19. The molecule has 1 N–H and O–H groups in total. The number of urea groups is 1. The molecule has 1 atom stereocenters. The summed E-state index contributed by atoms with van der Waals surface area (Å²) in [4.78, 5) is 36.4. The van der Waals surface area contributed by atoms with Crippen LogP contribution in [0.2, 0.25) is 0 Å². The number of nitrogens with one attached hydrogen (secondary N) is 1. The minimum absolute atomic E-state index is 0.405. The van der Waals surface area contributed by atoms with Gasteiger partial charge in [0.25, 0.3) is 5.91 Å². The van der Waals surface area contributed by atoms with E-state index in [-0.39, 0.29) is 0 Å². The number of amides is 3. The molecule has 0 radical (unpaired) electrons. The normalized spacial score (nSPS) is 11.3. The van der Waals surface area contributed by atoms with Crippen molar-refractivity contribution in [3.8, 4) is 0 Å². The molecule has 5 heteroatoms. The highest BCUT2D eigenvalue weighted by molar-refractivity contribution is 6.04. The largest absolute Gasteiger partial charge is 0.324 e. The molecule has 0 aliphatic rings. The number of rotatable bonds is 4. The third kappa shape index (κ3) is 3.58. The van der Waals surface area contributed by atoms with Crippen LogP contribution in [0.5, 0.6) is 0 Å². The van der Waals surface area contributed by atoms with Crippen LogP contribution >= 0.6 is 0 Å². The molecule has 0 aliphatic carbocycles. The monoisotopic (exact) mass is 296 g/mol. The van der Waals surface area contributed by atoms with Crippen molar-refractivity contribution < 1.29 is 14.4 Å². The molecule has 2 aromatic carbocycles. The number of aldehydes is 1. The van der Waals surface area contributed by atoms with Crippen molar-refractivity contribution in [2.45, 2.75) is 6.04 Å². The van der Waals surface area contributed by atoms with Gasteiger partial charge < -0.3 is 10.1 Å². The second-order valence-corrected chi connectivity index (χ2v) is 4.70. The molecule has 0 fully saturated rings. The third-order valence-corrected chi connectivity index (χ3v) is 3.20. The zero-order valence-corrected chi connectivity index (χ0v) is 12.1. The van der Waals surface area contributed by atoms with E-state index in [2.05, 4.69) is 5.32 Å². The number of hydrogen-bond donors (Lipinski definition) is 1. The second kappa shape index (κ2) is 7.17. The summed E-state index contributed by atoms with van der Waals surface area (Å²) in [6.45, 7) is 0. The van der Waals surface area contributed by atoms with Crippen molar-refractivity contribution in [2.24, 2.45) is 0 Å². The Kier molecular flexibility index (Phi) is 5.03. The van der Waals surface area contributed by atoms with Gasteiger partial charge in [0.2, 0.25) is 0 Å². The van der Waals surface area contributed by atoms with Crippen molar-refractivity contribution in [3.05, 3.63) is 71.8 Å². The molecule has 112 valence electrons. The van der Waals surface area contributed by atoms with Crippen LogP contribution < -0.4 is 5.32 Å². The lowest BCUT2D eigenvalue weighted by atomic mass is 10.1. The van der Waals surface area contributed by atoms with Crippen LogP contribution in [0.1, 0.15) is 22.0 Å². The number of hydrogen-bond acceptors (Lipinski definition) is 3. The Morgan fingerprint density at radius 1 is 1.00 bits per heavy atom. The summed E-state index contributed by atoms with van der Waals surface area (Å²) in [5.74, 6) is -0.434. The minimum Gasteiger partial charge on any atom is -0.324 e. The first-order valence-electron chi connectivity index (χ1n) is 6.77. The fourth-order valence-electron chi connectivity index (χ4n) is 1.95. The van der Waals surface area contributed by atoms with Crippen molar-refractivity contribution in [1.82, 2.24) is 10.2 Å². The summed E-state index contributed by atoms with van der Waals surface area (Å²) in [6, 6.07) is 15.9. The van der Waals surface area contributed by atoms with E-state index in [0.717, 1.165) is 4.90 Å². The maximum atomic E-state index is 12.2. The quantitative estimate of drug-likeness (QED) is 0.881. The van der Waals surface area contributed by atoms with Gasteiger partial charge in [-0.15, -0.1) is 0 Å². The highest BCUT2D eigenvalue weighted by Crippen LogP contribution is 2.11. The first-order valence-corrected chi connectivity index (χ1v) is 6.77. The molecule has 22 heavy (non-hydrogen) atoms. The van der Waals surface area contributed by atoms with E-state index in [9.17, 15) is 14.4 Å². The summed E-state index contributed by atoms with van der Waals surface area (Å²) in [7, 11) is 1.37. The highest BCUT2D eigenvalue weighted by atomic mass is 16.2. The summed E-state index contributed by atoms with van der Waals surface area (Å²) in [6.07, 6.45) is 0.633. The average molecular weight is 296 g/mol. The van der Waals surface area contributed by atoms with Gasteiger partial charge >= 0.3 is 6.03 Å². The van der Waals surface area contributed by atoms with Crippen molar-refractivity contribution in [3.63, 3.8) is 0 Å². The molecule has 3 amide bonds. The zero-order chi connectivity index (χ0) is 15.9. The Bertz CT molecular complexity index is 656. The van der Waals surface area contributed by atoms with Gasteiger partial charge in [-0.25, -0.2) is 4.79 Å². The molecule has 2 aromatic rings. The van der Waals surface area contributed by atoms with E-state index in [1.165, 1.54) is 7.05 Å². The second-order valence-electron chi connectivity index (χ2n) is 4.70. The molecule has 0 saturated carbocycles. The fourth-order valence-corrected chi connectivity index (χ4v) is 1.95. The van der Waals surface area contributed by atoms with Gasteiger partial charge in [0.05, 0.1) is 0 Å². The first-order chi connectivity index (χ1) is 10.6. The molecule has 0 saturated heterocycles. The molecular weight excluding hydrogens is 280 g/mol. The van der Waals surface area contributed by atoms with Gasteiger partial charge in [-0.3, -0.25) is 9.69 Å². The van der Waals surface area contributed by atoms with Crippen LogP contribution in [-0.2, 0) is 4.79 Å². The molecule has 5 nitrogen and oxygen atoms in total. The van der Waals surface area contributed by atoms with Crippen molar-refractivity contribution in [2.75, 3.05) is 7.05 Å². The maximum Gasteiger partial charge on any atom is 0.324 e. The SMILES string of the molecule is CN(C(=O)NC(C=O)c1ccccc1)C(=O)c1ccccc1. The van der Waals surface area contributed by atoms with E-state index in [1.54, 1.807) is 54.6 Å². The van der Waals surface area contributed by atoms with E-state index in [0.29, 0.717) is 17.4 Å². The molecule has 0 spiro atoms. The average Bonchev–Trinajstić information content (AvgIpc) is 2.59. The van der Waals surface area contributed by atoms with E-state index in [4.69, 9.17) is 0 Å². The van der Waals surface area contributed by atoms with E-state index < -0.39 is 18.0 Å². The summed E-state index contributed by atoms with van der Waals surface area (Å²) in [5, 5.41) is 2.53. The van der Waals surface area contributed by atoms with Crippen LogP contribution in [0.25, 0.3) is 0 Å².